The zero-order chi connectivity index (χ0) is 11.0. The number of nitrogens with zero attached hydrogens (tertiary/aromatic N) is 2. The fourth-order valence-corrected chi connectivity index (χ4v) is 2.22. The molecule has 80 valence electrons. The zero-order valence-electron chi connectivity index (χ0n) is 8.57. The number of halogens is 1. The van der Waals surface area contributed by atoms with Crippen molar-refractivity contribution in [3.63, 3.8) is 0 Å². The van der Waals surface area contributed by atoms with Gasteiger partial charge in [0.25, 0.3) is 0 Å². The minimum absolute atomic E-state index is 0.912. The zero-order valence-corrected chi connectivity index (χ0v) is 10.2. The second-order valence-corrected chi connectivity index (χ2v) is 4.65. The maximum atomic E-state index is 4.57. The number of fused-ring (bicyclic) bond motifs is 1. The number of anilines is 1. The number of rotatable bonds is 1. The van der Waals surface area contributed by atoms with Crippen molar-refractivity contribution in [3.05, 3.63) is 40.6 Å². The van der Waals surface area contributed by atoms with Crippen molar-refractivity contribution >= 4 is 21.7 Å². The first-order valence-electron chi connectivity index (χ1n) is 5.19. The molecule has 3 rings (SSSR count). The van der Waals surface area contributed by atoms with E-state index in [-0.39, 0.29) is 0 Å². The Bertz CT molecular complexity index is 540. The SMILES string of the molecule is Brc1cccc(-c2cnc3c(n2)NCC3)c1. The van der Waals surface area contributed by atoms with Crippen LogP contribution in [0.5, 0.6) is 0 Å². The molecule has 0 spiro atoms. The Kier molecular flexibility index (Phi) is 2.36. The van der Waals surface area contributed by atoms with Crippen LogP contribution in [0.2, 0.25) is 0 Å². The van der Waals surface area contributed by atoms with Crippen LogP contribution in [0, 0.1) is 0 Å². The number of hydrogen-bond donors (Lipinski definition) is 1. The fourth-order valence-electron chi connectivity index (χ4n) is 1.82. The third-order valence-corrected chi connectivity index (χ3v) is 3.12. The minimum atomic E-state index is 0.912. The van der Waals surface area contributed by atoms with Gasteiger partial charge in [0.05, 0.1) is 17.6 Å². The van der Waals surface area contributed by atoms with Gasteiger partial charge in [0.2, 0.25) is 0 Å². The van der Waals surface area contributed by atoms with Crippen LogP contribution in [0.15, 0.2) is 34.9 Å². The minimum Gasteiger partial charge on any atom is -0.368 e. The first kappa shape index (κ1) is 9.78. The van der Waals surface area contributed by atoms with E-state index in [9.17, 15) is 0 Å². The Labute approximate surface area is 102 Å². The molecule has 0 aliphatic carbocycles. The normalized spacial score (nSPS) is 13.3. The molecule has 0 saturated carbocycles. The van der Waals surface area contributed by atoms with E-state index < -0.39 is 0 Å². The van der Waals surface area contributed by atoms with Crippen LogP contribution >= 0.6 is 15.9 Å². The Morgan fingerprint density at radius 3 is 3.12 bits per heavy atom. The molecule has 0 unspecified atom stereocenters. The summed E-state index contributed by atoms with van der Waals surface area (Å²) in [6.45, 7) is 0.942. The van der Waals surface area contributed by atoms with Crippen LogP contribution in [-0.2, 0) is 6.42 Å². The van der Waals surface area contributed by atoms with E-state index in [4.69, 9.17) is 0 Å². The molecule has 1 aromatic carbocycles. The predicted molar refractivity (Wildman–Crippen MR) is 67.4 cm³/mol. The first-order valence-corrected chi connectivity index (χ1v) is 5.98. The van der Waals surface area contributed by atoms with Crippen molar-refractivity contribution in [2.45, 2.75) is 6.42 Å². The van der Waals surface area contributed by atoms with Gasteiger partial charge in [-0.15, -0.1) is 0 Å². The third-order valence-electron chi connectivity index (χ3n) is 2.62. The van der Waals surface area contributed by atoms with E-state index in [0.29, 0.717) is 0 Å². The molecule has 1 N–H and O–H groups in total. The van der Waals surface area contributed by atoms with Gasteiger partial charge in [-0.25, -0.2) is 4.98 Å². The van der Waals surface area contributed by atoms with Crippen molar-refractivity contribution in [1.29, 1.82) is 0 Å². The molecule has 1 aromatic heterocycles. The average molecular weight is 276 g/mol. The van der Waals surface area contributed by atoms with Gasteiger partial charge in [-0.05, 0) is 12.1 Å². The lowest BCUT2D eigenvalue weighted by Crippen LogP contribution is -1.95. The van der Waals surface area contributed by atoms with Gasteiger partial charge in [0, 0.05) is 23.0 Å². The van der Waals surface area contributed by atoms with Gasteiger partial charge < -0.3 is 5.32 Å². The highest BCUT2D eigenvalue weighted by atomic mass is 79.9. The molecule has 0 bridgehead atoms. The summed E-state index contributed by atoms with van der Waals surface area (Å²) < 4.78 is 1.06. The second-order valence-electron chi connectivity index (χ2n) is 3.74. The predicted octanol–water partition coefficient (Wildman–Crippen LogP) is 2.87. The molecule has 3 nitrogen and oxygen atoms in total. The maximum absolute atomic E-state index is 4.57. The van der Waals surface area contributed by atoms with Gasteiger partial charge in [-0.3, -0.25) is 4.98 Å². The van der Waals surface area contributed by atoms with Crippen LogP contribution < -0.4 is 5.32 Å². The van der Waals surface area contributed by atoms with Gasteiger partial charge in [0.15, 0.2) is 0 Å². The molecule has 16 heavy (non-hydrogen) atoms. The molecular weight excluding hydrogens is 266 g/mol. The van der Waals surface area contributed by atoms with Gasteiger partial charge in [-0.1, -0.05) is 28.1 Å². The molecule has 0 fully saturated rings. The molecule has 2 aromatic rings. The second kappa shape index (κ2) is 3.87. The van der Waals surface area contributed by atoms with Crippen molar-refractivity contribution in [2.75, 3.05) is 11.9 Å². The summed E-state index contributed by atoms with van der Waals surface area (Å²) in [6, 6.07) is 8.09. The number of hydrogen-bond acceptors (Lipinski definition) is 3. The van der Waals surface area contributed by atoms with Crippen molar-refractivity contribution in [1.82, 2.24) is 9.97 Å². The summed E-state index contributed by atoms with van der Waals surface area (Å²) >= 11 is 3.46. The van der Waals surface area contributed by atoms with Crippen LogP contribution in [0.3, 0.4) is 0 Å². The lowest BCUT2D eigenvalue weighted by atomic mass is 10.1. The fraction of sp³-hybridized carbons (Fsp3) is 0.167. The van der Waals surface area contributed by atoms with Crippen LogP contribution in [0.1, 0.15) is 5.69 Å². The van der Waals surface area contributed by atoms with Crippen LogP contribution in [-0.4, -0.2) is 16.5 Å². The number of benzene rings is 1. The van der Waals surface area contributed by atoms with Crippen molar-refractivity contribution < 1.29 is 0 Å². The van der Waals surface area contributed by atoms with E-state index in [2.05, 4.69) is 31.2 Å². The van der Waals surface area contributed by atoms with E-state index in [1.165, 1.54) is 0 Å². The van der Waals surface area contributed by atoms with Crippen LogP contribution in [0.25, 0.3) is 11.3 Å². The molecule has 4 heteroatoms. The summed E-state index contributed by atoms with van der Waals surface area (Å²) in [4.78, 5) is 9.00. The van der Waals surface area contributed by atoms with Gasteiger partial charge >= 0.3 is 0 Å². The number of aromatic nitrogens is 2. The summed E-state index contributed by atoms with van der Waals surface area (Å²) in [6.07, 6.45) is 2.81. The highest BCUT2D eigenvalue weighted by Crippen LogP contribution is 2.24. The average Bonchev–Trinajstić information content (AvgIpc) is 2.75. The monoisotopic (exact) mass is 275 g/mol. The van der Waals surface area contributed by atoms with E-state index in [1.54, 1.807) is 0 Å². The number of nitrogens with one attached hydrogen (secondary N) is 1. The Hall–Kier alpha value is -1.42. The molecule has 0 amide bonds. The van der Waals surface area contributed by atoms with Crippen molar-refractivity contribution in [2.24, 2.45) is 0 Å². The Morgan fingerprint density at radius 1 is 1.31 bits per heavy atom. The van der Waals surface area contributed by atoms with Crippen LogP contribution in [0.4, 0.5) is 5.82 Å². The quantitative estimate of drug-likeness (QED) is 0.870. The molecular formula is C12H10BrN3. The largest absolute Gasteiger partial charge is 0.368 e. The molecule has 0 atom stereocenters. The molecule has 0 saturated heterocycles. The lowest BCUT2D eigenvalue weighted by molar-refractivity contribution is 1.04. The summed E-state index contributed by atoms with van der Waals surface area (Å²) in [5.74, 6) is 0.928. The molecule has 2 heterocycles. The highest BCUT2D eigenvalue weighted by molar-refractivity contribution is 9.10. The van der Waals surface area contributed by atoms with E-state index in [1.807, 2.05) is 30.5 Å². The van der Waals surface area contributed by atoms with Gasteiger partial charge in [-0.2, -0.15) is 0 Å². The topological polar surface area (TPSA) is 37.8 Å². The Balaban J connectivity index is 2.07. The van der Waals surface area contributed by atoms with Gasteiger partial charge in [0.1, 0.15) is 5.82 Å². The maximum Gasteiger partial charge on any atom is 0.148 e. The molecule has 0 radical (unpaired) electrons. The summed E-state index contributed by atoms with van der Waals surface area (Å²) in [5, 5.41) is 3.24. The third kappa shape index (κ3) is 1.69. The van der Waals surface area contributed by atoms with Crippen molar-refractivity contribution in [3.8, 4) is 11.3 Å². The molecule has 1 aliphatic heterocycles. The summed E-state index contributed by atoms with van der Waals surface area (Å²) in [7, 11) is 0. The Morgan fingerprint density at radius 2 is 2.25 bits per heavy atom. The van der Waals surface area contributed by atoms with E-state index >= 15 is 0 Å². The lowest BCUT2D eigenvalue weighted by Gasteiger charge is -2.03. The van der Waals surface area contributed by atoms with E-state index in [0.717, 1.165) is 40.2 Å². The standard InChI is InChI=1S/C12H10BrN3/c13-9-3-1-2-8(6-9)11-7-15-10-4-5-14-12(10)16-11/h1-3,6-7H,4-5H2,(H,14,16). The molecule has 1 aliphatic rings. The first-order chi connectivity index (χ1) is 7.83. The highest BCUT2D eigenvalue weighted by Gasteiger charge is 2.13. The summed E-state index contributed by atoms with van der Waals surface area (Å²) in [5.41, 5.74) is 3.06. The smallest absolute Gasteiger partial charge is 0.148 e.